The Morgan fingerprint density at radius 2 is 1.95 bits per heavy atom. The highest BCUT2D eigenvalue weighted by atomic mass is 35.5. The van der Waals surface area contributed by atoms with Crippen LogP contribution in [0.4, 0.5) is 13.2 Å². The highest BCUT2D eigenvalue weighted by molar-refractivity contribution is 7.18. The van der Waals surface area contributed by atoms with Crippen LogP contribution in [-0.2, 0) is 27.2 Å². The van der Waals surface area contributed by atoms with Crippen molar-refractivity contribution in [2.75, 3.05) is 19.6 Å². The molecule has 0 saturated carbocycles. The highest BCUT2D eigenvalue weighted by Gasteiger charge is 2.44. The molecule has 4 rings (SSSR count). The van der Waals surface area contributed by atoms with Gasteiger partial charge in [0.1, 0.15) is 10.8 Å². The van der Waals surface area contributed by atoms with Crippen LogP contribution >= 0.6 is 22.9 Å². The first-order valence-electron chi connectivity index (χ1n) is 12.5. The number of nitrogens with zero attached hydrogens (tertiary/aromatic N) is 2. The Morgan fingerprint density at radius 1 is 1.21 bits per heavy atom. The second-order valence-corrected chi connectivity index (χ2v) is 11.0. The van der Waals surface area contributed by atoms with Crippen LogP contribution in [0.1, 0.15) is 31.9 Å². The van der Waals surface area contributed by atoms with Crippen molar-refractivity contribution in [3.05, 3.63) is 58.7 Å². The summed E-state index contributed by atoms with van der Waals surface area (Å²) in [5, 5.41) is 1.38. The number of ether oxygens (including phenoxy) is 2. The Hall–Kier alpha value is -2.95. The van der Waals surface area contributed by atoms with Gasteiger partial charge in [0, 0.05) is 31.4 Å². The number of carbonyl (C=O) groups excluding carboxylic acids is 2. The number of benzene rings is 2. The van der Waals surface area contributed by atoms with Gasteiger partial charge < -0.3 is 14.4 Å². The van der Waals surface area contributed by atoms with Gasteiger partial charge in [-0.2, -0.15) is 13.2 Å². The molecule has 1 saturated heterocycles. The summed E-state index contributed by atoms with van der Waals surface area (Å²) >= 11 is 8.00. The summed E-state index contributed by atoms with van der Waals surface area (Å²) in [7, 11) is 0. The first-order chi connectivity index (χ1) is 18.5. The van der Waals surface area contributed by atoms with Crippen molar-refractivity contribution in [1.29, 1.82) is 0 Å². The first-order valence-corrected chi connectivity index (χ1v) is 13.7. The molecule has 208 valence electrons. The Morgan fingerprint density at radius 3 is 2.59 bits per heavy atom. The summed E-state index contributed by atoms with van der Waals surface area (Å²) in [6.07, 6.45) is -1.79. The summed E-state index contributed by atoms with van der Waals surface area (Å²) in [5.74, 6) is -3.70. The molecule has 3 aromatic rings. The maximum atomic E-state index is 12.3. The molecular weight excluding hydrogens is 553 g/mol. The van der Waals surface area contributed by atoms with Gasteiger partial charge in [-0.05, 0) is 61.6 Å². The van der Waals surface area contributed by atoms with Crippen LogP contribution in [0.5, 0.6) is 5.75 Å². The third-order valence-corrected chi connectivity index (χ3v) is 7.73. The van der Waals surface area contributed by atoms with E-state index in [2.05, 4.69) is 28.8 Å². The van der Waals surface area contributed by atoms with Crippen LogP contribution in [0.15, 0.2) is 42.6 Å². The average molecular weight is 581 g/mol. The lowest BCUT2D eigenvalue weighted by Gasteiger charge is -2.37. The summed E-state index contributed by atoms with van der Waals surface area (Å²) in [6.45, 7) is 7.12. The molecule has 1 fully saturated rings. The Balaban J connectivity index is 1.40. The van der Waals surface area contributed by atoms with E-state index in [1.807, 2.05) is 49.2 Å². The normalized spacial score (nSPS) is 14.4. The molecule has 11 heteroatoms. The summed E-state index contributed by atoms with van der Waals surface area (Å²) in [5.41, 5.74) is 4.35. The van der Waals surface area contributed by atoms with Gasteiger partial charge in [0.25, 0.3) is 0 Å². The molecule has 6 nitrogen and oxygen atoms in total. The van der Waals surface area contributed by atoms with Crippen LogP contribution in [0, 0.1) is 5.92 Å². The first kappa shape index (κ1) is 29.0. The molecule has 0 bridgehead atoms. The van der Waals surface area contributed by atoms with E-state index in [-0.39, 0.29) is 19.2 Å². The van der Waals surface area contributed by atoms with E-state index in [1.165, 1.54) is 5.56 Å². The van der Waals surface area contributed by atoms with Crippen LogP contribution in [0.25, 0.3) is 21.0 Å². The zero-order chi connectivity index (χ0) is 28.3. The molecule has 0 aliphatic carbocycles. The van der Waals surface area contributed by atoms with Crippen LogP contribution in [0.3, 0.4) is 0 Å². The molecule has 0 radical (unpaired) electrons. The average Bonchev–Trinajstić information content (AvgIpc) is 3.33. The minimum absolute atomic E-state index is 0.0209. The van der Waals surface area contributed by atoms with Crippen molar-refractivity contribution in [2.45, 2.75) is 45.9 Å². The molecule has 2 aromatic carbocycles. The lowest BCUT2D eigenvalue weighted by atomic mass is 9.94. The predicted octanol–water partition coefficient (Wildman–Crippen LogP) is 6.59. The van der Waals surface area contributed by atoms with Gasteiger partial charge >= 0.3 is 18.1 Å². The Kier molecular flexibility index (Phi) is 8.98. The SMILES string of the molecule is CCc1c(CCN2CC(C(=O)OC(=O)C(F)(F)F)C2)cccc1-c1cnc(-c2ccc(OC(C)C)c(Cl)c2)s1. The summed E-state index contributed by atoms with van der Waals surface area (Å²) in [4.78, 5) is 30.3. The Bertz CT molecular complexity index is 1350. The van der Waals surface area contributed by atoms with E-state index in [0.29, 0.717) is 23.7 Å². The van der Waals surface area contributed by atoms with Crippen molar-refractivity contribution in [1.82, 2.24) is 9.88 Å². The van der Waals surface area contributed by atoms with Gasteiger partial charge in [-0.3, -0.25) is 4.79 Å². The largest absolute Gasteiger partial charge is 0.491 e. The minimum atomic E-state index is -5.18. The van der Waals surface area contributed by atoms with Crippen molar-refractivity contribution < 1.29 is 32.2 Å². The number of carbonyl (C=O) groups is 2. The van der Waals surface area contributed by atoms with Gasteiger partial charge in [-0.25, -0.2) is 9.78 Å². The second-order valence-electron chi connectivity index (χ2n) is 9.55. The molecular formula is C28H28ClF3N2O4S. The Labute approximate surface area is 233 Å². The van der Waals surface area contributed by atoms with E-state index in [9.17, 15) is 22.8 Å². The van der Waals surface area contributed by atoms with Crippen molar-refractivity contribution in [2.24, 2.45) is 5.92 Å². The maximum absolute atomic E-state index is 12.3. The van der Waals surface area contributed by atoms with Crippen molar-refractivity contribution >= 4 is 34.9 Å². The second kappa shape index (κ2) is 12.1. The van der Waals surface area contributed by atoms with E-state index in [1.54, 1.807) is 11.3 Å². The maximum Gasteiger partial charge on any atom is 0.491 e. The monoisotopic (exact) mass is 580 g/mol. The fourth-order valence-electron chi connectivity index (χ4n) is 4.45. The zero-order valence-electron chi connectivity index (χ0n) is 21.7. The number of hydrogen-bond acceptors (Lipinski definition) is 7. The van der Waals surface area contributed by atoms with Gasteiger partial charge in [0.2, 0.25) is 0 Å². The molecule has 0 spiro atoms. The topological polar surface area (TPSA) is 68.7 Å². The molecule has 0 amide bonds. The third-order valence-electron chi connectivity index (χ3n) is 6.35. The molecule has 0 atom stereocenters. The summed E-state index contributed by atoms with van der Waals surface area (Å²) in [6, 6.07) is 11.8. The lowest BCUT2D eigenvalue weighted by molar-refractivity contribution is -0.204. The molecule has 39 heavy (non-hydrogen) atoms. The number of hydrogen-bond donors (Lipinski definition) is 0. The van der Waals surface area contributed by atoms with E-state index in [4.69, 9.17) is 16.3 Å². The summed E-state index contributed by atoms with van der Waals surface area (Å²) < 4.78 is 46.6. The number of halogens is 4. The van der Waals surface area contributed by atoms with Gasteiger partial charge in [0.15, 0.2) is 0 Å². The zero-order valence-corrected chi connectivity index (χ0v) is 23.3. The number of esters is 2. The molecule has 0 unspecified atom stereocenters. The van der Waals surface area contributed by atoms with Gasteiger partial charge in [-0.1, -0.05) is 36.7 Å². The predicted molar refractivity (Wildman–Crippen MR) is 144 cm³/mol. The fourth-order valence-corrected chi connectivity index (χ4v) is 5.64. The highest BCUT2D eigenvalue weighted by Crippen LogP contribution is 2.38. The fraction of sp³-hybridized carbons (Fsp3) is 0.393. The third kappa shape index (κ3) is 6.98. The van der Waals surface area contributed by atoms with E-state index < -0.39 is 24.0 Å². The van der Waals surface area contributed by atoms with Crippen LogP contribution < -0.4 is 4.74 Å². The smallest absolute Gasteiger partial charge is 0.489 e. The van der Waals surface area contributed by atoms with E-state index >= 15 is 0 Å². The molecule has 1 aliphatic heterocycles. The van der Waals surface area contributed by atoms with Crippen LogP contribution in [0.2, 0.25) is 5.02 Å². The number of thiazole rings is 1. The molecule has 2 heterocycles. The number of aromatic nitrogens is 1. The van der Waals surface area contributed by atoms with Crippen molar-refractivity contribution in [3.63, 3.8) is 0 Å². The number of alkyl halides is 3. The number of likely N-dealkylation sites (tertiary alicyclic amines) is 1. The van der Waals surface area contributed by atoms with Crippen LogP contribution in [-0.4, -0.2) is 53.7 Å². The van der Waals surface area contributed by atoms with Crippen molar-refractivity contribution in [3.8, 4) is 26.8 Å². The van der Waals surface area contributed by atoms with Gasteiger partial charge in [-0.15, -0.1) is 11.3 Å². The van der Waals surface area contributed by atoms with Gasteiger partial charge in [0.05, 0.1) is 21.9 Å². The molecule has 0 N–H and O–H groups in total. The lowest BCUT2D eigenvalue weighted by Crippen LogP contribution is -2.52. The number of rotatable bonds is 9. The minimum Gasteiger partial charge on any atom is -0.489 e. The molecule has 1 aliphatic rings. The quantitative estimate of drug-likeness (QED) is 0.210. The molecule has 1 aromatic heterocycles. The standard InChI is InChI=1S/C28H28ClF3N2O4S/c1-4-20-17(10-11-34-14-19(15-34)26(35)38-27(36)28(30,31)32)6-5-7-21(20)24-13-33-25(39-24)18-8-9-23(22(29)12-18)37-16(2)3/h5-9,12-13,16,19H,4,10-11,14-15H2,1-3H3. The van der Waals surface area contributed by atoms with E-state index in [0.717, 1.165) is 33.0 Å².